The maximum atomic E-state index is 12.1. The minimum atomic E-state index is -0.414. The smallest absolute Gasteiger partial charge is 0.295 e. The molecule has 1 aliphatic rings. The molecule has 1 fully saturated rings. The van der Waals surface area contributed by atoms with E-state index in [2.05, 4.69) is 0 Å². The topological polar surface area (TPSA) is 37.4 Å². The third-order valence-electron chi connectivity index (χ3n) is 3.73. The molecule has 110 valence electrons. The molecule has 22 heavy (non-hydrogen) atoms. The maximum Gasteiger partial charge on any atom is 0.295 e. The monoisotopic (exact) mass is 291 g/mol. The van der Waals surface area contributed by atoms with E-state index >= 15 is 0 Å². The van der Waals surface area contributed by atoms with Crippen molar-refractivity contribution in [2.45, 2.75) is 13.5 Å². The van der Waals surface area contributed by atoms with Crippen LogP contribution in [0.3, 0.4) is 0 Å². The van der Waals surface area contributed by atoms with Crippen molar-refractivity contribution in [2.75, 3.05) is 6.54 Å². The van der Waals surface area contributed by atoms with Gasteiger partial charge in [0.15, 0.2) is 0 Å². The number of benzene rings is 2. The van der Waals surface area contributed by atoms with Gasteiger partial charge in [0.25, 0.3) is 5.91 Å². The van der Waals surface area contributed by atoms with E-state index in [4.69, 9.17) is 0 Å². The second kappa shape index (κ2) is 5.98. The third kappa shape index (κ3) is 2.98. The minimum Gasteiger partial charge on any atom is -0.327 e. The zero-order valence-electron chi connectivity index (χ0n) is 12.5. The fourth-order valence-electron chi connectivity index (χ4n) is 2.63. The van der Waals surface area contributed by atoms with Gasteiger partial charge in [-0.15, -0.1) is 0 Å². The molecule has 1 heterocycles. The number of hydrogen-bond donors (Lipinski definition) is 0. The molecule has 3 nitrogen and oxygen atoms in total. The molecule has 0 atom stereocenters. The number of carbonyl (C=O) groups is 2. The van der Waals surface area contributed by atoms with E-state index in [9.17, 15) is 9.59 Å². The summed E-state index contributed by atoms with van der Waals surface area (Å²) >= 11 is 0. The van der Waals surface area contributed by atoms with Crippen LogP contribution in [0.15, 0.2) is 60.2 Å². The van der Waals surface area contributed by atoms with Crippen molar-refractivity contribution in [1.29, 1.82) is 0 Å². The first-order valence-corrected chi connectivity index (χ1v) is 7.28. The molecule has 1 aliphatic heterocycles. The summed E-state index contributed by atoms with van der Waals surface area (Å²) in [5.74, 6) is -0.805. The largest absolute Gasteiger partial charge is 0.327 e. The highest BCUT2D eigenvalue weighted by Crippen LogP contribution is 2.19. The number of amides is 1. The zero-order chi connectivity index (χ0) is 15.5. The molecule has 0 aliphatic carbocycles. The summed E-state index contributed by atoms with van der Waals surface area (Å²) in [6.45, 7) is 2.85. The maximum absolute atomic E-state index is 12.1. The van der Waals surface area contributed by atoms with Gasteiger partial charge in [-0.2, -0.15) is 0 Å². The lowest BCUT2D eigenvalue weighted by atomic mass is 10.1. The van der Waals surface area contributed by atoms with Gasteiger partial charge in [0.05, 0.1) is 6.54 Å². The van der Waals surface area contributed by atoms with Gasteiger partial charge < -0.3 is 4.90 Å². The van der Waals surface area contributed by atoms with Gasteiger partial charge in [-0.1, -0.05) is 60.2 Å². The van der Waals surface area contributed by atoms with Crippen LogP contribution >= 0.6 is 0 Å². The van der Waals surface area contributed by atoms with Crippen molar-refractivity contribution in [1.82, 2.24) is 4.90 Å². The first kappa shape index (κ1) is 14.3. The van der Waals surface area contributed by atoms with Crippen LogP contribution in [-0.4, -0.2) is 23.1 Å². The number of rotatable bonds is 3. The lowest BCUT2D eigenvalue weighted by Gasteiger charge is -2.13. The first-order valence-electron chi connectivity index (χ1n) is 7.28. The van der Waals surface area contributed by atoms with Crippen LogP contribution in [0.25, 0.3) is 6.08 Å². The minimum absolute atomic E-state index is 0.375. The number of ketones is 1. The Balaban J connectivity index is 1.81. The van der Waals surface area contributed by atoms with E-state index in [0.717, 1.165) is 16.7 Å². The number of nitrogens with zero attached hydrogens (tertiary/aromatic N) is 1. The Morgan fingerprint density at radius 1 is 1.05 bits per heavy atom. The van der Waals surface area contributed by atoms with E-state index in [1.165, 1.54) is 0 Å². The van der Waals surface area contributed by atoms with Crippen LogP contribution in [0.4, 0.5) is 0 Å². The summed E-state index contributed by atoms with van der Waals surface area (Å²) in [5.41, 5.74) is 3.68. The average Bonchev–Trinajstić information content (AvgIpc) is 2.77. The molecule has 3 heteroatoms. The second-order valence-corrected chi connectivity index (χ2v) is 5.56. The van der Waals surface area contributed by atoms with Crippen molar-refractivity contribution in [3.8, 4) is 0 Å². The van der Waals surface area contributed by atoms with Crippen LogP contribution in [0.5, 0.6) is 0 Å². The molecule has 1 saturated heterocycles. The van der Waals surface area contributed by atoms with Crippen LogP contribution < -0.4 is 0 Å². The molecule has 0 radical (unpaired) electrons. The Bertz CT molecular complexity index is 747. The summed E-state index contributed by atoms with van der Waals surface area (Å²) in [7, 11) is 0. The highest BCUT2D eigenvalue weighted by molar-refractivity contribution is 6.45. The van der Waals surface area contributed by atoms with Crippen molar-refractivity contribution < 1.29 is 9.59 Å². The van der Waals surface area contributed by atoms with Gasteiger partial charge in [-0.3, -0.25) is 9.59 Å². The first-order chi connectivity index (χ1) is 10.6. The molecule has 1 amide bonds. The van der Waals surface area contributed by atoms with Crippen LogP contribution in [0, 0.1) is 6.92 Å². The van der Waals surface area contributed by atoms with E-state index in [0.29, 0.717) is 18.7 Å². The van der Waals surface area contributed by atoms with Crippen molar-refractivity contribution in [3.05, 3.63) is 76.9 Å². The van der Waals surface area contributed by atoms with Crippen molar-refractivity contribution in [3.63, 3.8) is 0 Å². The number of likely N-dealkylation sites (tertiary alicyclic amines) is 1. The number of aryl methyl sites for hydroxylation is 1. The summed E-state index contributed by atoms with van der Waals surface area (Å²) in [5, 5.41) is 0. The Morgan fingerprint density at radius 3 is 2.55 bits per heavy atom. The molecule has 2 aromatic carbocycles. The van der Waals surface area contributed by atoms with Gasteiger partial charge in [-0.05, 0) is 24.1 Å². The van der Waals surface area contributed by atoms with Crippen LogP contribution in [-0.2, 0) is 16.1 Å². The molecule has 0 aromatic heterocycles. The Labute approximate surface area is 129 Å². The lowest BCUT2D eigenvalue weighted by molar-refractivity contribution is -0.139. The van der Waals surface area contributed by atoms with E-state index in [-0.39, 0.29) is 0 Å². The summed E-state index contributed by atoms with van der Waals surface area (Å²) in [6.07, 6.45) is 1.82. The lowest BCUT2D eigenvalue weighted by Crippen LogP contribution is -2.26. The van der Waals surface area contributed by atoms with Crippen LogP contribution in [0.1, 0.15) is 16.7 Å². The average molecular weight is 291 g/mol. The molecule has 2 aromatic rings. The fraction of sp³-hybridized carbons (Fsp3) is 0.158. The van der Waals surface area contributed by atoms with Crippen LogP contribution in [0.2, 0.25) is 0 Å². The highest BCUT2D eigenvalue weighted by atomic mass is 16.2. The molecule has 0 spiro atoms. The van der Waals surface area contributed by atoms with Gasteiger partial charge in [0.1, 0.15) is 0 Å². The van der Waals surface area contributed by atoms with E-state index in [1.807, 2.05) is 67.6 Å². The molecule has 0 saturated carbocycles. The number of Topliss-reactive ketones (excluding diaryl/α,β-unsaturated/α-hetero) is 1. The Kier molecular flexibility index (Phi) is 3.88. The number of hydrogen-bond acceptors (Lipinski definition) is 2. The summed E-state index contributed by atoms with van der Waals surface area (Å²) in [4.78, 5) is 25.8. The molecular weight excluding hydrogens is 274 g/mol. The Hall–Kier alpha value is -2.68. The SMILES string of the molecule is Cc1cccc(/C=C2\CN(Cc3ccccc3)C(=O)C2=O)c1. The molecule has 0 bridgehead atoms. The molecule has 0 N–H and O–H groups in total. The molecular formula is C19H17NO2. The summed E-state index contributed by atoms with van der Waals surface area (Å²) in [6, 6.07) is 17.6. The van der Waals surface area contributed by atoms with E-state index < -0.39 is 11.7 Å². The van der Waals surface area contributed by atoms with Gasteiger partial charge in [-0.25, -0.2) is 0 Å². The number of carbonyl (C=O) groups excluding carboxylic acids is 2. The predicted octanol–water partition coefficient (Wildman–Crippen LogP) is 2.99. The summed E-state index contributed by atoms with van der Waals surface area (Å²) < 4.78 is 0. The third-order valence-corrected chi connectivity index (χ3v) is 3.73. The van der Waals surface area contributed by atoms with E-state index in [1.54, 1.807) is 4.90 Å². The fourth-order valence-corrected chi connectivity index (χ4v) is 2.63. The van der Waals surface area contributed by atoms with Gasteiger partial charge in [0.2, 0.25) is 5.78 Å². The second-order valence-electron chi connectivity index (χ2n) is 5.56. The molecule has 3 rings (SSSR count). The highest BCUT2D eigenvalue weighted by Gasteiger charge is 2.33. The Morgan fingerprint density at radius 2 is 1.82 bits per heavy atom. The zero-order valence-corrected chi connectivity index (χ0v) is 12.5. The van der Waals surface area contributed by atoms with Gasteiger partial charge in [0, 0.05) is 12.1 Å². The standard InChI is InChI=1S/C19H17NO2/c1-14-6-5-9-16(10-14)11-17-13-20(19(22)18(17)21)12-15-7-3-2-4-8-15/h2-11H,12-13H2,1H3/b17-11+. The normalized spacial score (nSPS) is 16.6. The van der Waals surface area contributed by atoms with Crippen molar-refractivity contribution in [2.24, 2.45) is 0 Å². The molecule has 0 unspecified atom stereocenters. The van der Waals surface area contributed by atoms with Gasteiger partial charge >= 0.3 is 0 Å². The quantitative estimate of drug-likeness (QED) is 0.644. The predicted molar refractivity (Wildman–Crippen MR) is 86.0 cm³/mol. The van der Waals surface area contributed by atoms with Crippen molar-refractivity contribution >= 4 is 17.8 Å².